The van der Waals surface area contributed by atoms with Crippen molar-refractivity contribution >= 4 is 22.1 Å². The van der Waals surface area contributed by atoms with Crippen molar-refractivity contribution in [1.29, 1.82) is 0 Å². The Balaban J connectivity index is 1.68. The van der Waals surface area contributed by atoms with Gasteiger partial charge in [-0.1, -0.05) is 89.0 Å². The van der Waals surface area contributed by atoms with Crippen molar-refractivity contribution in [3.05, 3.63) is 35.9 Å². The zero-order chi connectivity index (χ0) is 17.2. The average molecular weight is 327 g/mol. The van der Waals surface area contributed by atoms with E-state index in [1.54, 1.807) is 0 Å². The van der Waals surface area contributed by atoms with E-state index in [9.17, 15) is 0 Å². The number of benzene rings is 2. The van der Waals surface area contributed by atoms with Crippen LogP contribution in [0.5, 0.6) is 0 Å². The first-order valence-corrected chi connectivity index (χ1v) is 9.79. The number of hydrogen-bond donors (Lipinski definition) is 2. The first kappa shape index (κ1) is 18.6. The molecule has 2 rings (SSSR count). The van der Waals surface area contributed by atoms with Crippen LogP contribution in [0.3, 0.4) is 0 Å². The number of fused-ring (bicyclic) bond motifs is 1. The normalized spacial score (nSPS) is 11.2. The minimum absolute atomic E-state index is 0.810. The third kappa shape index (κ3) is 5.43. The molecule has 0 aliphatic heterocycles. The number of nitrogen functional groups attached to an aromatic ring is 2. The number of anilines is 2. The molecule has 0 saturated heterocycles. The highest BCUT2D eigenvalue weighted by Crippen LogP contribution is 2.29. The SMILES string of the molecule is CCCCCCCCCCCCc1ccc2c(N)cccc2c1N. The van der Waals surface area contributed by atoms with Gasteiger partial charge in [-0.3, -0.25) is 0 Å². The Morgan fingerprint density at radius 3 is 1.96 bits per heavy atom. The first-order valence-electron chi connectivity index (χ1n) is 9.79. The van der Waals surface area contributed by atoms with Gasteiger partial charge < -0.3 is 11.5 Å². The van der Waals surface area contributed by atoms with Crippen molar-refractivity contribution < 1.29 is 0 Å². The molecule has 0 aliphatic rings. The highest BCUT2D eigenvalue weighted by molar-refractivity contribution is 6.01. The predicted molar refractivity (Wildman–Crippen MR) is 108 cm³/mol. The molecule has 0 amide bonds. The van der Waals surface area contributed by atoms with Crippen LogP contribution >= 0.6 is 0 Å². The lowest BCUT2D eigenvalue weighted by molar-refractivity contribution is 0.556. The van der Waals surface area contributed by atoms with Gasteiger partial charge in [0.2, 0.25) is 0 Å². The van der Waals surface area contributed by atoms with Crippen LogP contribution in [-0.2, 0) is 6.42 Å². The maximum absolute atomic E-state index is 6.35. The van der Waals surface area contributed by atoms with Crippen LogP contribution in [0.4, 0.5) is 11.4 Å². The number of aryl methyl sites for hydroxylation is 1. The molecule has 132 valence electrons. The molecule has 0 spiro atoms. The molecule has 2 heteroatoms. The summed E-state index contributed by atoms with van der Waals surface area (Å²) in [5.41, 5.74) is 15.4. The Hall–Kier alpha value is -1.70. The molecule has 4 N–H and O–H groups in total. The molecular weight excluding hydrogens is 292 g/mol. The summed E-state index contributed by atoms with van der Waals surface area (Å²) in [4.78, 5) is 0. The molecule has 2 nitrogen and oxygen atoms in total. The molecular formula is C22H34N2. The molecule has 0 bridgehead atoms. The van der Waals surface area contributed by atoms with Crippen LogP contribution < -0.4 is 11.5 Å². The largest absolute Gasteiger partial charge is 0.398 e. The van der Waals surface area contributed by atoms with Crippen LogP contribution in [0.15, 0.2) is 30.3 Å². The lowest BCUT2D eigenvalue weighted by Gasteiger charge is -2.10. The van der Waals surface area contributed by atoms with E-state index < -0.39 is 0 Å². The minimum Gasteiger partial charge on any atom is -0.398 e. The van der Waals surface area contributed by atoms with Crippen molar-refractivity contribution in [2.24, 2.45) is 0 Å². The van der Waals surface area contributed by atoms with Gasteiger partial charge >= 0.3 is 0 Å². The van der Waals surface area contributed by atoms with Gasteiger partial charge in [-0.15, -0.1) is 0 Å². The highest BCUT2D eigenvalue weighted by Gasteiger charge is 2.06. The molecule has 0 aromatic heterocycles. The minimum atomic E-state index is 0.810. The average Bonchev–Trinajstić information content (AvgIpc) is 2.59. The van der Waals surface area contributed by atoms with Crippen molar-refractivity contribution in [3.8, 4) is 0 Å². The molecule has 2 aromatic rings. The third-order valence-electron chi connectivity index (χ3n) is 5.03. The Morgan fingerprint density at radius 2 is 1.29 bits per heavy atom. The van der Waals surface area contributed by atoms with Gasteiger partial charge in [0.1, 0.15) is 0 Å². The Labute approximate surface area is 147 Å². The van der Waals surface area contributed by atoms with Gasteiger partial charge in [-0.05, 0) is 24.5 Å². The Kier molecular flexibility index (Phi) is 7.94. The second kappa shape index (κ2) is 10.2. The Morgan fingerprint density at radius 1 is 0.667 bits per heavy atom. The summed E-state index contributed by atoms with van der Waals surface area (Å²) in [7, 11) is 0. The van der Waals surface area contributed by atoms with E-state index in [0.717, 1.165) is 28.6 Å². The van der Waals surface area contributed by atoms with Gasteiger partial charge in [0.25, 0.3) is 0 Å². The standard InChI is InChI=1S/C22H34N2/c1-2-3-4-5-6-7-8-9-10-11-13-18-16-17-19-20(22(18)24)14-12-15-21(19)23/h12,14-17H,2-11,13,23-24H2,1H3. The van der Waals surface area contributed by atoms with E-state index in [2.05, 4.69) is 25.1 Å². The summed E-state index contributed by atoms with van der Waals surface area (Å²) in [5, 5.41) is 2.17. The second-order valence-electron chi connectivity index (χ2n) is 7.01. The van der Waals surface area contributed by atoms with E-state index >= 15 is 0 Å². The monoisotopic (exact) mass is 326 g/mol. The zero-order valence-electron chi connectivity index (χ0n) is 15.3. The molecule has 0 fully saturated rings. The first-order chi connectivity index (χ1) is 11.7. The van der Waals surface area contributed by atoms with Crippen molar-refractivity contribution in [2.45, 2.75) is 77.6 Å². The molecule has 0 radical (unpaired) electrons. The number of hydrogen-bond acceptors (Lipinski definition) is 2. The second-order valence-corrected chi connectivity index (χ2v) is 7.01. The molecule has 0 heterocycles. The van der Waals surface area contributed by atoms with Crippen molar-refractivity contribution in [2.75, 3.05) is 11.5 Å². The van der Waals surface area contributed by atoms with E-state index in [4.69, 9.17) is 11.5 Å². The van der Waals surface area contributed by atoms with Gasteiger partial charge in [-0.2, -0.15) is 0 Å². The summed E-state index contributed by atoms with van der Waals surface area (Å²) in [6.07, 6.45) is 14.8. The van der Waals surface area contributed by atoms with E-state index in [-0.39, 0.29) is 0 Å². The number of rotatable bonds is 11. The predicted octanol–water partition coefficient (Wildman–Crippen LogP) is 6.47. The van der Waals surface area contributed by atoms with E-state index in [0.29, 0.717) is 0 Å². The maximum Gasteiger partial charge on any atom is 0.0427 e. The number of nitrogens with two attached hydrogens (primary N) is 2. The highest BCUT2D eigenvalue weighted by atomic mass is 14.6. The number of unbranched alkanes of at least 4 members (excludes halogenated alkanes) is 9. The van der Waals surface area contributed by atoms with Gasteiger partial charge in [0, 0.05) is 22.1 Å². The van der Waals surface area contributed by atoms with Gasteiger partial charge in [0.15, 0.2) is 0 Å². The van der Waals surface area contributed by atoms with Gasteiger partial charge in [-0.25, -0.2) is 0 Å². The summed E-state index contributed by atoms with van der Waals surface area (Å²) in [6, 6.07) is 10.3. The lowest BCUT2D eigenvalue weighted by Crippen LogP contribution is -1.97. The summed E-state index contributed by atoms with van der Waals surface area (Å²) >= 11 is 0. The van der Waals surface area contributed by atoms with E-state index in [1.807, 2.05) is 12.1 Å². The fourth-order valence-corrected chi connectivity index (χ4v) is 3.47. The molecule has 0 aliphatic carbocycles. The summed E-state index contributed by atoms with van der Waals surface area (Å²) in [6.45, 7) is 2.28. The van der Waals surface area contributed by atoms with Crippen molar-refractivity contribution in [1.82, 2.24) is 0 Å². The lowest BCUT2D eigenvalue weighted by atomic mass is 9.98. The fourth-order valence-electron chi connectivity index (χ4n) is 3.47. The third-order valence-corrected chi connectivity index (χ3v) is 5.03. The molecule has 0 unspecified atom stereocenters. The summed E-state index contributed by atoms with van der Waals surface area (Å²) in [5.74, 6) is 0. The van der Waals surface area contributed by atoms with Crippen LogP contribution in [0, 0.1) is 0 Å². The smallest absolute Gasteiger partial charge is 0.0427 e. The van der Waals surface area contributed by atoms with Crippen LogP contribution in [0.25, 0.3) is 10.8 Å². The van der Waals surface area contributed by atoms with Crippen LogP contribution in [0.1, 0.15) is 76.7 Å². The van der Waals surface area contributed by atoms with E-state index in [1.165, 1.54) is 69.8 Å². The molecule has 24 heavy (non-hydrogen) atoms. The fraction of sp³-hybridized carbons (Fsp3) is 0.545. The quantitative estimate of drug-likeness (QED) is 0.367. The molecule has 2 aromatic carbocycles. The van der Waals surface area contributed by atoms with Gasteiger partial charge in [0.05, 0.1) is 0 Å². The topological polar surface area (TPSA) is 52.0 Å². The maximum atomic E-state index is 6.35. The zero-order valence-corrected chi connectivity index (χ0v) is 15.3. The van der Waals surface area contributed by atoms with Crippen molar-refractivity contribution in [3.63, 3.8) is 0 Å². The molecule has 0 saturated carbocycles. The molecule has 0 atom stereocenters. The Bertz CT molecular complexity index is 619. The summed E-state index contributed by atoms with van der Waals surface area (Å²) < 4.78 is 0. The van der Waals surface area contributed by atoms with Crippen LogP contribution in [0.2, 0.25) is 0 Å². The van der Waals surface area contributed by atoms with Crippen LogP contribution in [-0.4, -0.2) is 0 Å².